The second-order valence-electron chi connectivity index (χ2n) is 4.62. The normalized spacial score (nSPS) is 10.8. The van der Waals surface area contributed by atoms with Gasteiger partial charge >= 0.3 is 0 Å². The minimum Gasteiger partial charge on any atom is -0.378 e. The summed E-state index contributed by atoms with van der Waals surface area (Å²) in [4.78, 5) is 14.7. The Morgan fingerprint density at radius 3 is 2.90 bits per heavy atom. The molecule has 0 unspecified atom stereocenters. The van der Waals surface area contributed by atoms with Gasteiger partial charge in [0.25, 0.3) is 5.56 Å². The Kier molecular flexibility index (Phi) is 5.37. The van der Waals surface area contributed by atoms with Gasteiger partial charge in [0.15, 0.2) is 0 Å². The van der Waals surface area contributed by atoms with E-state index in [0.717, 1.165) is 18.5 Å². The van der Waals surface area contributed by atoms with Gasteiger partial charge in [-0.15, -0.1) is 11.3 Å². The summed E-state index contributed by atoms with van der Waals surface area (Å²) in [5, 5.41) is 7.46. The molecule has 108 valence electrons. The number of thiophene rings is 1. The van der Waals surface area contributed by atoms with Crippen LogP contribution in [0.15, 0.2) is 27.6 Å². The number of aryl methyl sites for hydroxylation is 2. The monoisotopic (exact) mass is 355 g/mol. The number of rotatable bonds is 6. The summed E-state index contributed by atoms with van der Waals surface area (Å²) in [6, 6.07) is 4.19. The van der Waals surface area contributed by atoms with Gasteiger partial charge in [0.05, 0.1) is 11.9 Å². The van der Waals surface area contributed by atoms with Gasteiger partial charge < -0.3 is 5.32 Å². The molecule has 2 aromatic rings. The van der Waals surface area contributed by atoms with Crippen molar-refractivity contribution in [3.05, 3.63) is 42.9 Å². The third-order valence-corrected chi connectivity index (χ3v) is 4.72. The highest BCUT2D eigenvalue weighted by Crippen LogP contribution is 2.20. The lowest BCUT2D eigenvalue weighted by molar-refractivity contribution is 0.541. The molecule has 0 radical (unpaired) electrons. The van der Waals surface area contributed by atoms with Gasteiger partial charge in [-0.2, -0.15) is 5.10 Å². The van der Waals surface area contributed by atoms with Crippen LogP contribution >= 0.6 is 27.3 Å². The molecule has 0 aromatic carbocycles. The van der Waals surface area contributed by atoms with Crippen LogP contribution in [-0.4, -0.2) is 9.78 Å². The maximum atomic E-state index is 12.1. The summed E-state index contributed by atoms with van der Waals surface area (Å²) in [6.45, 7) is 5.55. The Labute approximate surface area is 131 Å². The van der Waals surface area contributed by atoms with Gasteiger partial charge in [-0.3, -0.25) is 4.79 Å². The second kappa shape index (κ2) is 7.04. The van der Waals surface area contributed by atoms with Gasteiger partial charge in [-0.1, -0.05) is 13.3 Å². The van der Waals surface area contributed by atoms with Crippen molar-refractivity contribution in [2.45, 2.75) is 39.8 Å². The number of nitrogens with one attached hydrogen (secondary N) is 1. The van der Waals surface area contributed by atoms with Gasteiger partial charge in [0.1, 0.15) is 4.47 Å². The van der Waals surface area contributed by atoms with Crippen LogP contribution in [0.1, 0.15) is 29.5 Å². The van der Waals surface area contributed by atoms with Crippen molar-refractivity contribution < 1.29 is 0 Å². The smallest absolute Gasteiger partial charge is 0.283 e. The number of nitrogens with zero attached hydrogens (tertiary/aromatic N) is 2. The Hall–Kier alpha value is -1.14. The first-order valence-electron chi connectivity index (χ1n) is 6.66. The Morgan fingerprint density at radius 2 is 2.25 bits per heavy atom. The van der Waals surface area contributed by atoms with Crippen molar-refractivity contribution in [1.82, 2.24) is 9.78 Å². The highest BCUT2D eigenvalue weighted by atomic mass is 79.9. The van der Waals surface area contributed by atoms with Gasteiger partial charge in [0, 0.05) is 22.8 Å². The van der Waals surface area contributed by atoms with E-state index in [9.17, 15) is 4.79 Å². The zero-order chi connectivity index (χ0) is 14.5. The van der Waals surface area contributed by atoms with E-state index in [0.29, 0.717) is 17.6 Å². The first kappa shape index (κ1) is 15.3. The van der Waals surface area contributed by atoms with Crippen molar-refractivity contribution in [3.63, 3.8) is 0 Å². The molecule has 4 nitrogen and oxygen atoms in total. The minimum atomic E-state index is -0.0780. The largest absolute Gasteiger partial charge is 0.378 e. The number of hydrogen-bond acceptors (Lipinski definition) is 4. The second-order valence-corrected chi connectivity index (χ2v) is 6.79. The van der Waals surface area contributed by atoms with E-state index in [1.54, 1.807) is 17.5 Å². The molecule has 2 aromatic heterocycles. The van der Waals surface area contributed by atoms with Crippen LogP contribution in [0.4, 0.5) is 5.69 Å². The topological polar surface area (TPSA) is 46.9 Å². The number of anilines is 1. The van der Waals surface area contributed by atoms with Crippen molar-refractivity contribution in [2.75, 3.05) is 5.32 Å². The average Bonchev–Trinajstić information content (AvgIpc) is 2.85. The highest BCUT2D eigenvalue weighted by molar-refractivity contribution is 9.10. The van der Waals surface area contributed by atoms with E-state index in [2.05, 4.69) is 52.3 Å². The number of halogens is 1. The van der Waals surface area contributed by atoms with E-state index < -0.39 is 0 Å². The standard InChI is InChI=1S/C14H18BrN3OS/c1-3-4-7-18-14(19)13(15)12(9-17-18)16-8-11-6-5-10(2)20-11/h5-6,9,16H,3-4,7-8H2,1-2H3. The number of unbranched alkanes of at least 4 members (excludes halogenated alkanes) is 1. The molecule has 0 saturated carbocycles. The van der Waals surface area contributed by atoms with Gasteiger partial charge in [0.2, 0.25) is 0 Å². The van der Waals surface area contributed by atoms with E-state index >= 15 is 0 Å². The molecule has 0 spiro atoms. The van der Waals surface area contributed by atoms with E-state index in [1.807, 2.05) is 0 Å². The van der Waals surface area contributed by atoms with Crippen molar-refractivity contribution in [1.29, 1.82) is 0 Å². The molecule has 6 heteroatoms. The van der Waals surface area contributed by atoms with Crippen LogP contribution in [0.3, 0.4) is 0 Å². The maximum absolute atomic E-state index is 12.1. The molecule has 1 N–H and O–H groups in total. The summed E-state index contributed by atoms with van der Waals surface area (Å²) >= 11 is 5.12. The third kappa shape index (κ3) is 3.70. The molecular formula is C14H18BrN3OS. The first-order valence-corrected chi connectivity index (χ1v) is 8.27. The highest BCUT2D eigenvalue weighted by Gasteiger charge is 2.08. The van der Waals surface area contributed by atoms with Crippen molar-refractivity contribution in [3.8, 4) is 0 Å². The van der Waals surface area contributed by atoms with Crippen LogP contribution in [0.5, 0.6) is 0 Å². The molecular weight excluding hydrogens is 338 g/mol. The summed E-state index contributed by atoms with van der Waals surface area (Å²) in [5.74, 6) is 0. The Bertz CT molecular complexity index is 636. The van der Waals surface area contributed by atoms with Gasteiger partial charge in [-0.25, -0.2) is 4.68 Å². The lowest BCUT2D eigenvalue weighted by Crippen LogP contribution is -2.24. The predicted octanol–water partition coefficient (Wildman–Crippen LogP) is 3.79. The van der Waals surface area contributed by atoms with Crippen LogP contribution in [-0.2, 0) is 13.1 Å². The van der Waals surface area contributed by atoms with E-state index in [-0.39, 0.29) is 5.56 Å². The average molecular weight is 356 g/mol. The molecule has 0 fully saturated rings. The molecule has 20 heavy (non-hydrogen) atoms. The summed E-state index contributed by atoms with van der Waals surface area (Å²) < 4.78 is 2.06. The molecule has 0 aliphatic carbocycles. The zero-order valence-corrected chi connectivity index (χ0v) is 14.1. The molecule has 0 atom stereocenters. The fraction of sp³-hybridized carbons (Fsp3) is 0.429. The predicted molar refractivity (Wildman–Crippen MR) is 87.5 cm³/mol. The fourth-order valence-electron chi connectivity index (χ4n) is 1.82. The van der Waals surface area contributed by atoms with Crippen LogP contribution in [0.25, 0.3) is 0 Å². The number of hydrogen-bond donors (Lipinski definition) is 1. The first-order chi connectivity index (χ1) is 9.61. The van der Waals surface area contributed by atoms with Crippen LogP contribution in [0.2, 0.25) is 0 Å². The lowest BCUT2D eigenvalue weighted by Gasteiger charge is -2.09. The third-order valence-electron chi connectivity index (χ3n) is 2.96. The molecule has 2 rings (SSSR count). The molecule has 0 aliphatic rings. The van der Waals surface area contributed by atoms with Crippen molar-refractivity contribution in [2.24, 2.45) is 0 Å². The summed E-state index contributed by atoms with van der Waals surface area (Å²) in [5.41, 5.74) is 0.666. The maximum Gasteiger partial charge on any atom is 0.283 e. The van der Waals surface area contributed by atoms with Crippen LogP contribution < -0.4 is 10.9 Å². The SMILES string of the molecule is CCCCn1ncc(NCc2ccc(C)s2)c(Br)c1=O. The lowest BCUT2D eigenvalue weighted by atomic mass is 10.3. The van der Waals surface area contributed by atoms with Gasteiger partial charge in [-0.05, 0) is 41.4 Å². The number of aromatic nitrogens is 2. The Morgan fingerprint density at radius 1 is 1.45 bits per heavy atom. The molecule has 0 bridgehead atoms. The molecule has 0 amide bonds. The summed E-state index contributed by atoms with van der Waals surface area (Å²) in [6.07, 6.45) is 3.71. The van der Waals surface area contributed by atoms with E-state index in [1.165, 1.54) is 14.4 Å². The molecule has 0 saturated heterocycles. The molecule has 2 heterocycles. The summed E-state index contributed by atoms with van der Waals surface area (Å²) in [7, 11) is 0. The minimum absolute atomic E-state index is 0.0780. The van der Waals surface area contributed by atoms with Crippen molar-refractivity contribution >= 4 is 33.0 Å². The molecule has 0 aliphatic heterocycles. The fourth-order valence-corrected chi connectivity index (χ4v) is 3.10. The quantitative estimate of drug-likeness (QED) is 0.857. The van der Waals surface area contributed by atoms with Crippen LogP contribution in [0, 0.1) is 6.92 Å². The zero-order valence-electron chi connectivity index (χ0n) is 11.6. The van der Waals surface area contributed by atoms with E-state index in [4.69, 9.17) is 0 Å². The Balaban J connectivity index is 2.09.